The van der Waals surface area contributed by atoms with E-state index in [4.69, 9.17) is 5.11 Å². The summed E-state index contributed by atoms with van der Waals surface area (Å²) >= 11 is 0. The Balaban J connectivity index is 2.29. The minimum Gasteiger partial charge on any atom is -0.481 e. The third kappa shape index (κ3) is 3.54. The zero-order chi connectivity index (χ0) is 15.6. The number of sulfone groups is 1. The van der Waals surface area contributed by atoms with E-state index in [1.807, 2.05) is 0 Å². The molecule has 2 rings (SSSR count). The Kier molecular flexibility index (Phi) is 4.21. The van der Waals surface area contributed by atoms with Crippen molar-refractivity contribution in [2.45, 2.75) is 12.5 Å². The van der Waals surface area contributed by atoms with Crippen molar-refractivity contribution < 1.29 is 27.5 Å². The highest BCUT2D eigenvalue weighted by atomic mass is 32.2. The molecule has 0 aromatic carbocycles. The van der Waals surface area contributed by atoms with Crippen LogP contribution in [0.25, 0.3) is 0 Å². The van der Waals surface area contributed by atoms with Crippen LogP contribution in [0.4, 0.5) is 4.39 Å². The van der Waals surface area contributed by atoms with Gasteiger partial charge >= 0.3 is 5.97 Å². The van der Waals surface area contributed by atoms with Crippen molar-refractivity contribution in [1.82, 2.24) is 9.88 Å². The fraction of sp³-hybridized carbons (Fsp3) is 0.417. The van der Waals surface area contributed by atoms with E-state index in [0.29, 0.717) is 0 Å². The Morgan fingerprint density at radius 2 is 2.19 bits per heavy atom. The molecule has 1 N–H and O–H groups in total. The number of aliphatic carboxylic acids is 1. The fourth-order valence-electron chi connectivity index (χ4n) is 2.22. The van der Waals surface area contributed by atoms with Crippen LogP contribution in [0.1, 0.15) is 16.8 Å². The van der Waals surface area contributed by atoms with Gasteiger partial charge in [-0.3, -0.25) is 9.59 Å². The summed E-state index contributed by atoms with van der Waals surface area (Å²) in [5, 5.41) is 8.84. The van der Waals surface area contributed by atoms with E-state index in [2.05, 4.69) is 4.98 Å². The number of aromatic nitrogens is 1. The summed E-state index contributed by atoms with van der Waals surface area (Å²) in [4.78, 5) is 27.6. The molecular weight excluding hydrogens is 303 g/mol. The van der Waals surface area contributed by atoms with E-state index in [1.54, 1.807) is 0 Å². The highest BCUT2D eigenvalue weighted by molar-refractivity contribution is 7.91. The molecule has 1 aliphatic rings. The van der Waals surface area contributed by atoms with Crippen molar-refractivity contribution in [3.8, 4) is 0 Å². The first-order valence-corrected chi connectivity index (χ1v) is 7.96. The molecule has 0 bridgehead atoms. The fourth-order valence-corrected chi connectivity index (χ4v) is 3.75. The van der Waals surface area contributed by atoms with Crippen LogP contribution >= 0.6 is 0 Å². The van der Waals surface area contributed by atoms with Crippen molar-refractivity contribution in [3.05, 3.63) is 29.8 Å². The van der Waals surface area contributed by atoms with Gasteiger partial charge in [-0.15, -0.1) is 0 Å². The number of carboxylic acid groups (broad SMARTS) is 1. The summed E-state index contributed by atoms with van der Waals surface area (Å²) in [6.07, 6.45) is 0.675. The first kappa shape index (κ1) is 15.4. The second-order valence-electron chi connectivity index (χ2n) is 4.71. The van der Waals surface area contributed by atoms with E-state index < -0.39 is 45.9 Å². The summed E-state index contributed by atoms with van der Waals surface area (Å²) in [6, 6.07) is 1.60. The monoisotopic (exact) mass is 316 g/mol. The van der Waals surface area contributed by atoms with E-state index in [1.165, 1.54) is 18.3 Å². The highest BCUT2D eigenvalue weighted by Crippen LogP contribution is 2.19. The van der Waals surface area contributed by atoms with Gasteiger partial charge in [-0.1, -0.05) is 0 Å². The molecule has 1 amide bonds. The van der Waals surface area contributed by atoms with Crippen molar-refractivity contribution in [2.75, 3.05) is 18.1 Å². The number of carbonyl (C=O) groups is 2. The number of rotatable bonds is 3. The number of nitrogens with zero attached hydrogens (tertiary/aromatic N) is 2. The molecule has 1 atom stereocenters. The number of carbonyl (C=O) groups excluding carboxylic acids is 1. The Bertz CT molecular complexity index is 676. The minimum atomic E-state index is -3.40. The quantitative estimate of drug-likeness (QED) is 0.783. The van der Waals surface area contributed by atoms with Crippen molar-refractivity contribution in [3.63, 3.8) is 0 Å². The van der Waals surface area contributed by atoms with E-state index in [0.717, 1.165) is 4.90 Å². The Morgan fingerprint density at radius 3 is 2.81 bits per heavy atom. The molecule has 7 nitrogen and oxygen atoms in total. The number of hydrogen-bond acceptors (Lipinski definition) is 5. The van der Waals surface area contributed by atoms with Gasteiger partial charge in [0.25, 0.3) is 5.91 Å². The second kappa shape index (κ2) is 5.76. The predicted octanol–water partition coefficient (Wildman–Crippen LogP) is -0.0654. The van der Waals surface area contributed by atoms with Crippen LogP contribution in [0, 0.1) is 5.95 Å². The smallest absolute Gasteiger partial charge is 0.305 e. The molecule has 1 fully saturated rings. The molecule has 1 saturated heterocycles. The van der Waals surface area contributed by atoms with Crippen LogP contribution < -0.4 is 0 Å². The summed E-state index contributed by atoms with van der Waals surface area (Å²) < 4.78 is 36.7. The van der Waals surface area contributed by atoms with Crippen molar-refractivity contribution in [2.24, 2.45) is 0 Å². The minimum absolute atomic E-state index is 0.159. The number of hydrogen-bond donors (Lipinski definition) is 1. The lowest BCUT2D eigenvalue weighted by atomic mass is 10.1. The van der Waals surface area contributed by atoms with Crippen LogP contribution in [0.3, 0.4) is 0 Å². The Morgan fingerprint density at radius 1 is 1.48 bits per heavy atom. The standard InChI is InChI=1S/C12H13FN2O5S/c13-11-9(2-1-3-14-11)12(18)15-4-5-21(19,20)7-8(15)6-10(16)17/h1-3,8H,4-7H2,(H,16,17). The van der Waals surface area contributed by atoms with Crippen LogP contribution in [-0.2, 0) is 14.6 Å². The maximum absolute atomic E-state index is 13.5. The van der Waals surface area contributed by atoms with Crippen LogP contribution in [0.15, 0.2) is 18.3 Å². The lowest BCUT2D eigenvalue weighted by Gasteiger charge is -2.34. The van der Waals surface area contributed by atoms with Gasteiger partial charge in [-0.2, -0.15) is 4.39 Å². The molecule has 0 radical (unpaired) electrons. The third-order valence-corrected chi connectivity index (χ3v) is 4.89. The largest absolute Gasteiger partial charge is 0.481 e. The van der Waals surface area contributed by atoms with Gasteiger partial charge in [0.05, 0.1) is 29.5 Å². The molecular formula is C12H13FN2O5S. The van der Waals surface area contributed by atoms with Gasteiger partial charge in [0.1, 0.15) is 0 Å². The molecule has 1 aromatic rings. The topological polar surface area (TPSA) is 105 Å². The average molecular weight is 316 g/mol. The summed E-state index contributed by atoms with van der Waals surface area (Å²) in [5.41, 5.74) is -0.299. The number of amides is 1. The zero-order valence-corrected chi connectivity index (χ0v) is 11.7. The average Bonchev–Trinajstić information content (AvgIpc) is 2.37. The van der Waals surface area contributed by atoms with Gasteiger partial charge in [0.2, 0.25) is 5.95 Å². The van der Waals surface area contributed by atoms with Gasteiger partial charge in [-0.05, 0) is 12.1 Å². The van der Waals surface area contributed by atoms with Gasteiger partial charge < -0.3 is 10.0 Å². The normalized spacial score (nSPS) is 21.0. The summed E-state index contributed by atoms with van der Waals surface area (Å²) in [6.45, 7) is -0.159. The van der Waals surface area contributed by atoms with Gasteiger partial charge in [0.15, 0.2) is 9.84 Å². The van der Waals surface area contributed by atoms with Gasteiger partial charge in [0, 0.05) is 12.7 Å². The number of pyridine rings is 1. The summed E-state index contributed by atoms with van der Waals surface area (Å²) in [5.74, 6) is -3.64. The highest BCUT2D eigenvalue weighted by Gasteiger charge is 2.36. The number of halogens is 1. The van der Waals surface area contributed by atoms with Crippen LogP contribution in [0.5, 0.6) is 0 Å². The molecule has 9 heteroatoms. The Labute approximate surface area is 120 Å². The molecule has 1 aromatic heterocycles. The molecule has 0 saturated carbocycles. The van der Waals surface area contributed by atoms with E-state index >= 15 is 0 Å². The lowest BCUT2D eigenvalue weighted by molar-refractivity contribution is -0.138. The van der Waals surface area contributed by atoms with Crippen molar-refractivity contribution in [1.29, 1.82) is 0 Å². The van der Waals surface area contributed by atoms with E-state index in [9.17, 15) is 22.4 Å². The molecule has 21 heavy (non-hydrogen) atoms. The maximum atomic E-state index is 13.5. The van der Waals surface area contributed by atoms with Crippen LogP contribution in [0.2, 0.25) is 0 Å². The Hall–Kier alpha value is -2.03. The first-order valence-electron chi connectivity index (χ1n) is 6.14. The predicted molar refractivity (Wildman–Crippen MR) is 69.9 cm³/mol. The third-order valence-electron chi connectivity index (χ3n) is 3.19. The molecule has 114 valence electrons. The second-order valence-corrected chi connectivity index (χ2v) is 6.94. The van der Waals surface area contributed by atoms with Gasteiger partial charge in [-0.25, -0.2) is 13.4 Å². The molecule has 0 aliphatic carbocycles. The molecule has 0 spiro atoms. The molecule has 1 aliphatic heterocycles. The lowest BCUT2D eigenvalue weighted by Crippen LogP contribution is -2.52. The van der Waals surface area contributed by atoms with E-state index in [-0.39, 0.29) is 17.9 Å². The molecule has 2 heterocycles. The number of carboxylic acids is 1. The molecule has 1 unspecified atom stereocenters. The first-order chi connectivity index (χ1) is 9.80. The summed E-state index contributed by atoms with van der Waals surface area (Å²) in [7, 11) is -3.40. The van der Waals surface area contributed by atoms with Crippen molar-refractivity contribution >= 4 is 21.7 Å². The zero-order valence-electron chi connectivity index (χ0n) is 10.9. The maximum Gasteiger partial charge on any atom is 0.305 e. The van der Waals surface area contributed by atoms with Crippen LogP contribution in [-0.4, -0.2) is 59.4 Å². The SMILES string of the molecule is O=C(O)CC1CS(=O)(=O)CCN1C(=O)c1cccnc1F.